The van der Waals surface area contributed by atoms with E-state index in [2.05, 4.69) is 15.9 Å². The maximum atomic E-state index is 13.4. The molecule has 0 aromatic heterocycles. The molecule has 0 aliphatic carbocycles. The second-order valence-corrected chi connectivity index (χ2v) is 5.94. The highest BCUT2D eigenvalue weighted by Crippen LogP contribution is 2.27. The molecule has 0 fully saturated rings. The van der Waals surface area contributed by atoms with Crippen molar-refractivity contribution >= 4 is 27.5 Å². The molecule has 0 saturated carbocycles. The summed E-state index contributed by atoms with van der Waals surface area (Å²) in [6.07, 6.45) is 0.763. The summed E-state index contributed by atoms with van der Waals surface area (Å²) in [7, 11) is 0. The lowest BCUT2D eigenvalue weighted by molar-refractivity contribution is 0.0734. The Morgan fingerprint density at radius 3 is 2.90 bits per heavy atom. The molecule has 0 saturated heterocycles. The summed E-state index contributed by atoms with van der Waals surface area (Å²) in [5.74, 6) is -0.603. The predicted octanol–water partition coefficient (Wildman–Crippen LogP) is 3.37. The van der Waals surface area contributed by atoms with E-state index in [4.69, 9.17) is 5.73 Å². The van der Waals surface area contributed by atoms with Gasteiger partial charge in [-0.25, -0.2) is 4.39 Å². The molecule has 1 aliphatic heterocycles. The van der Waals surface area contributed by atoms with Crippen molar-refractivity contribution in [1.82, 2.24) is 4.90 Å². The van der Waals surface area contributed by atoms with Gasteiger partial charge in [-0.15, -0.1) is 0 Å². The third kappa shape index (κ3) is 2.65. The van der Waals surface area contributed by atoms with Crippen molar-refractivity contribution in [1.29, 1.82) is 0 Å². The molecule has 0 atom stereocenters. The van der Waals surface area contributed by atoms with Gasteiger partial charge in [0.2, 0.25) is 0 Å². The van der Waals surface area contributed by atoms with Crippen LogP contribution < -0.4 is 5.73 Å². The molecule has 2 N–H and O–H groups in total. The number of nitrogens with two attached hydrogens (primary N) is 1. The van der Waals surface area contributed by atoms with Crippen LogP contribution in [-0.2, 0) is 13.0 Å². The smallest absolute Gasteiger partial charge is 0.255 e. The van der Waals surface area contributed by atoms with Gasteiger partial charge in [0.15, 0.2) is 0 Å². The monoisotopic (exact) mass is 348 g/mol. The minimum Gasteiger partial charge on any atom is -0.398 e. The first kappa shape index (κ1) is 14.1. The molecule has 1 aliphatic rings. The van der Waals surface area contributed by atoms with Crippen LogP contribution in [0, 0.1) is 5.82 Å². The average molecular weight is 349 g/mol. The van der Waals surface area contributed by atoms with E-state index in [1.807, 2.05) is 18.2 Å². The second kappa shape index (κ2) is 5.48. The van der Waals surface area contributed by atoms with Crippen LogP contribution in [0.4, 0.5) is 10.1 Å². The van der Waals surface area contributed by atoms with Gasteiger partial charge in [-0.2, -0.15) is 0 Å². The van der Waals surface area contributed by atoms with Gasteiger partial charge in [0.1, 0.15) is 5.82 Å². The molecule has 1 heterocycles. The SMILES string of the molecule is Nc1cccc2c1CN(C(=O)c1cc(F)ccc1Br)CC2. The van der Waals surface area contributed by atoms with Crippen LogP contribution in [0.15, 0.2) is 40.9 Å². The van der Waals surface area contributed by atoms with E-state index < -0.39 is 5.82 Å². The Balaban J connectivity index is 1.91. The maximum absolute atomic E-state index is 13.4. The van der Waals surface area contributed by atoms with Gasteiger partial charge < -0.3 is 10.6 Å². The van der Waals surface area contributed by atoms with E-state index in [0.717, 1.165) is 12.0 Å². The summed E-state index contributed by atoms with van der Waals surface area (Å²) in [5, 5.41) is 0. The van der Waals surface area contributed by atoms with Crippen LogP contribution in [0.1, 0.15) is 21.5 Å². The van der Waals surface area contributed by atoms with Crippen molar-refractivity contribution in [2.45, 2.75) is 13.0 Å². The van der Waals surface area contributed by atoms with Crippen LogP contribution in [0.3, 0.4) is 0 Å². The Bertz CT molecular complexity index is 717. The van der Waals surface area contributed by atoms with Crippen LogP contribution in [0.2, 0.25) is 0 Å². The maximum Gasteiger partial charge on any atom is 0.255 e. The van der Waals surface area contributed by atoms with E-state index in [1.165, 1.54) is 17.7 Å². The van der Waals surface area contributed by atoms with Crippen LogP contribution in [0.5, 0.6) is 0 Å². The average Bonchev–Trinajstić information content (AvgIpc) is 2.49. The molecule has 1 amide bonds. The summed E-state index contributed by atoms with van der Waals surface area (Å²) in [5.41, 5.74) is 9.20. The van der Waals surface area contributed by atoms with Gasteiger partial charge in [-0.1, -0.05) is 12.1 Å². The van der Waals surface area contributed by atoms with E-state index in [-0.39, 0.29) is 5.91 Å². The third-order valence-corrected chi connectivity index (χ3v) is 4.45. The number of fused-ring (bicyclic) bond motifs is 1. The number of carbonyl (C=O) groups excluding carboxylic acids is 1. The van der Waals surface area contributed by atoms with Crippen molar-refractivity contribution in [2.24, 2.45) is 0 Å². The van der Waals surface area contributed by atoms with Gasteiger partial charge >= 0.3 is 0 Å². The van der Waals surface area contributed by atoms with E-state index in [1.54, 1.807) is 11.0 Å². The third-order valence-electron chi connectivity index (χ3n) is 3.76. The standard InChI is InChI=1S/C16H14BrFN2O/c17-14-5-4-11(18)8-12(14)16(21)20-7-6-10-2-1-3-15(19)13(10)9-20/h1-5,8H,6-7,9,19H2. The highest BCUT2D eigenvalue weighted by molar-refractivity contribution is 9.10. The Morgan fingerprint density at radius 2 is 2.10 bits per heavy atom. The predicted molar refractivity (Wildman–Crippen MR) is 83.4 cm³/mol. The molecular weight excluding hydrogens is 335 g/mol. The fourth-order valence-corrected chi connectivity index (χ4v) is 3.03. The second-order valence-electron chi connectivity index (χ2n) is 5.09. The number of halogens is 2. The first-order valence-corrected chi connectivity index (χ1v) is 7.46. The highest BCUT2D eigenvalue weighted by atomic mass is 79.9. The molecule has 5 heteroatoms. The molecule has 2 aromatic rings. The first-order valence-electron chi connectivity index (χ1n) is 6.67. The Labute approximate surface area is 130 Å². The zero-order valence-corrected chi connectivity index (χ0v) is 12.9. The van der Waals surface area contributed by atoms with Crippen LogP contribution >= 0.6 is 15.9 Å². The minimum absolute atomic E-state index is 0.185. The van der Waals surface area contributed by atoms with Crippen molar-refractivity contribution < 1.29 is 9.18 Å². The quantitative estimate of drug-likeness (QED) is 0.803. The topological polar surface area (TPSA) is 46.3 Å². The number of carbonyl (C=O) groups is 1. The molecule has 0 bridgehead atoms. The number of amides is 1. The molecular formula is C16H14BrFN2O. The Morgan fingerprint density at radius 1 is 1.29 bits per heavy atom. The molecule has 3 nitrogen and oxygen atoms in total. The number of anilines is 1. The lowest BCUT2D eigenvalue weighted by atomic mass is 9.97. The molecule has 108 valence electrons. The number of benzene rings is 2. The number of nitrogens with zero attached hydrogens (tertiary/aromatic N) is 1. The molecule has 0 radical (unpaired) electrons. The summed E-state index contributed by atoms with van der Waals surface area (Å²) in [6, 6.07) is 9.93. The van der Waals surface area contributed by atoms with Crippen molar-refractivity contribution in [3.05, 3.63) is 63.4 Å². The summed E-state index contributed by atoms with van der Waals surface area (Å²) in [6.45, 7) is 1.07. The fraction of sp³-hybridized carbons (Fsp3) is 0.188. The molecule has 3 rings (SSSR count). The van der Waals surface area contributed by atoms with Gasteiger partial charge in [-0.05, 0) is 57.7 Å². The molecule has 0 unspecified atom stereocenters. The van der Waals surface area contributed by atoms with Gasteiger partial charge in [-0.3, -0.25) is 4.79 Å². The number of hydrogen-bond acceptors (Lipinski definition) is 2. The lowest BCUT2D eigenvalue weighted by Gasteiger charge is -2.30. The van der Waals surface area contributed by atoms with Gasteiger partial charge in [0.05, 0.1) is 5.56 Å². The molecule has 0 spiro atoms. The Kier molecular flexibility index (Phi) is 3.68. The first-order chi connectivity index (χ1) is 10.1. The van der Waals surface area contributed by atoms with Gasteiger partial charge in [0.25, 0.3) is 5.91 Å². The normalized spacial score (nSPS) is 13.9. The Hall–Kier alpha value is -1.88. The number of rotatable bonds is 1. The minimum atomic E-state index is -0.418. The summed E-state index contributed by atoms with van der Waals surface area (Å²) >= 11 is 3.30. The van der Waals surface area contributed by atoms with Crippen LogP contribution in [-0.4, -0.2) is 17.4 Å². The highest BCUT2D eigenvalue weighted by Gasteiger charge is 2.24. The van der Waals surface area contributed by atoms with Crippen molar-refractivity contribution in [3.8, 4) is 0 Å². The lowest BCUT2D eigenvalue weighted by Crippen LogP contribution is -2.36. The molecule has 2 aromatic carbocycles. The number of nitrogen functional groups attached to an aromatic ring is 1. The largest absolute Gasteiger partial charge is 0.398 e. The van der Waals surface area contributed by atoms with E-state index in [9.17, 15) is 9.18 Å². The zero-order chi connectivity index (χ0) is 15.0. The summed E-state index contributed by atoms with van der Waals surface area (Å²) < 4.78 is 14.0. The zero-order valence-electron chi connectivity index (χ0n) is 11.3. The van der Waals surface area contributed by atoms with Crippen molar-refractivity contribution in [2.75, 3.05) is 12.3 Å². The van der Waals surface area contributed by atoms with E-state index >= 15 is 0 Å². The van der Waals surface area contributed by atoms with Crippen molar-refractivity contribution in [3.63, 3.8) is 0 Å². The molecule has 21 heavy (non-hydrogen) atoms. The number of hydrogen-bond donors (Lipinski definition) is 1. The summed E-state index contributed by atoms with van der Waals surface area (Å²) in [4.78, 5) is 14.3. The van der Waals surface area contributed by atoms with Gasteiger partial charge in [0, 0.05) is 23.2 Å². The van der Waals surface area contributed by atoms with Crippen LogP contribution in [0.25, 0.3) is 0 Å². The van der Waals surface area contributed by atoms with E-state index in [0.29, 0.717) is 28.8 Å². The fourth-order valence-electron chi connectivity index (χ4n) is 2.61.